The molecule has 5 nitrogen and oxygen atoms in total. The van der Waals surface area contributed by atoms with E-state index in [1.807, 2.05) is 6.07 Å². The second-order valence-corrected chi connectivity index (χ2v) is 9.96. The van der Waals surface area contributed by atoms with Gasteiger partial charge in [0.25, 0.3) is 0 Å². The van der Waals surface area contributed by atoms with E-state index in [4.69, 9.17) is 9.47 Å². The van der Waals surface area contributed by atoms with E-state index in [9.17, 15) is 5.11 Å². The zero-order valence-electron chi connectivity index (χ0n) is 21.0. The topological polar surface area (TPSA) is 45.2 Å². The Bertz CT molecular complexity index is 869. The summed E-state index contributed by atoms with van der Waals surface area (Å²) >= 11 is 0. The lowest BCUT2D eigenvalue weighted by atomic mass is 9.99. The molecule has 0 spiro atoms. The van der Waals surface area contributed by atoms with Crippen molar-refractivity contribution in [3.63, 3.8) is 0 Å². The van der Waals surface area contributed by atoms with Gasteiger partial charge >= 0.3 is 0 Å². The van der Waals surface area contributed by atoms with E-state index in [2.05, 4.69) is 66.2 Å². The van der Waals surface area contributed by atoms with Crippen LogP contribution in [0.3, 0.4) is 0 Å². The van der Waals surface area contributed by atoms with Crippen molar-refractivity contribution < 1.29 is 14.6 Å². The van der Waals surface area contributed by atoms with Gasteiger partial charge in [0, 0.05) is 50.5 Å². The van der Waals surface area contributed by atoms with E-state index >= 15 is 0 Å². The summed E-state index contributed by atoms with van der Waals surface area (Å²) in [4.78, 5) is 4.94. The number of rotatable bonds is 9. The molecule has 0 aliphatic carbocycles. The van der Waals surface area contributed by atoms with Crippen LogP contribution < -0.4 is 4.74 Å². The molecule has 1 N–H and O–H groups in total. The van der Waals surface area contributed by atoms with Gasteiger partial charge in [-0.05, 0) is 56.3 Å². The average molecular weight is 467 g/mol. The fourth-order valence-corrected chi connectivity index (χ4v) is 5.44. The number of aryl methyl sites for hydroxylation is 1. The summed E-state index contributed by atoms with van der Waals surface area (Å²) in [7, 11) is 2.20. The van der Waals surface area contributed by atoms with E-state index in [-0.39, 0.29) is 12.1 Å². The molecule has 2 atom stereocenters. The van der Waals surface area contributed by atoms with Gasteiger partial charge in [0.2, 0.25) is 0 Å². The molecule has 186 valence electrons. The second-order valence-electron chi connectivity index (χ2n) is 9.96. The summed E-state index contributed by atoms with van der Waals surface area (Å²) in [5, 5.41) is 11.0. The van der Waals surface area contributed by atoms with Gasteiger partial charge in [0.15, 0.2) is 0 Å². The largest absolute Gasteiger partial charge is 0.489 e. The molecule has 0 aromatic heterocycles. The number of benzene rings is 2. The van der Waals surface area contributed by atoms with E-state index in [1.165, 1.54) is 16.7 Å². The number of nitrogens with zero attached hydrogens (tertiary/aromatic N) is 2. The molecule has 2 aliphatic heterocycles. The highest BCUT2D eigenvalue weighted by atomic mass is 16.5. The van der Waals surface area contributed by atoms with Crippen LogP contribution >= 0.6 is 0 Å². The molecule has 2 aromatic rings. The van der Waals surface area contributed by atoms with Crippen LogP contribution in [0.2, 0.25) is 0 Å². The maximum atomic E-state index is 11.0. The summed E-state index contributed by atoms with van der Waals surface area (Å²) in [5.41, 5.74) is 3.81. The first-order valence-corrected chi connectivity index (χ1v) is 13.1. The maximum absolute atomic E-state index is 11.0. The summed E-state index contributed by atoms with van der Waals surface area (Å²) in [6.07, 6.45) is 5.88. The Balaban J connectivity index is 1.42. The van der Waals surface area contributed by atoms with Gasteiger partial charge in [-0.25, -0.2) is 0 Å². The SMILES string of the molecule is CCCc1ccc(OCc2ccccc2)c(CN2CC[C@H](O)[C@@H](N(C)C3CCOCC3)CC2)c1. The molecule has 5 heteroatoms. The average Bonchev–Trinajstić information content (AvgIpc) is 3.05. The zero-order chi connectivity index (χ0) is 23.8. The molecule has 0 amide bonds. The molecule has 2 aliphatic rings. The third-order valence-electron chi connectivity index (χ3n) is 7.51. The molecule has 2 aromatic carbocycles. The zero-order valence-corrected chi connectivity index (χ0v) is 21.0. The van der Waals surface area contributed by atoms with Gasteiger partial charge < -0.3 is 14.6 Å². The Morgan fingerprint density at radius 3 is 2.53 bits per heavy atom. The molecule has 34 heavy (non-hydrogen) atoms. The van der Waals surface area contributed by atoms with Crippen LogP contribution in [-0.4, -0.2) is 66.4 Å². The third kappa shape index (κ3) is 6.82. The Morgan fingerprint density at radius 2 is 1.76 bits per heavy atom. The quantitative estimate of drug-likeness (QED) is 0.583. The lowest BCUT2D eigenvalue weighted by molar-refractivity contribution is -0.00758. The highest BCUT2D eigenvalue weighted by Crippen LogP contribution is 2.27. The summed E-state index contributed by atoms with van der Waals surface area (Å²) in [5.74, 6) is 0.976. The first-order valence-electron chi connectivity index (χ1n) is 13.1. The van der Waals surface area contributed by atoms with Gasteiger partial charge in [-0.2, -0.15) is 0 Å². The molecular formula is C29H42N2O3. The monoisotopic (exact) mass is 466 g/mol. The smallest absolute Gasteiger partial charge is 0.124 e. The minimum atomic E-state index is -0.280. The molecular weight excluding hydrogens is 424 g/mol. The van der Waals surface area contributed by atoms with Crippen LogP contribution in [0.15, 0.2) is 48.5 Å². The Hall–Kier alpha value is -1.92. The van der Waals surface area contributed by atoms with Crippen molar-refractivity contribution in [2.45, 2.75) is 76.8 Å². The molecule has 2 heterocycles. The van der Waals surface area contributed by atoms with Crippen molar-refractivity contribution in [3.8, 4) is 5.75 Å². The first-order chi connectivity index (χ1) is 16.6. The Labute approximate surface area is 205 Å². The number of likely N-dealkylation sites (tertiary alicyclic amines) is 1. The van der Waals surface area contributed by atoms with Crippen LogP contribution in [0.4, 0.5) is 0 Å². The van der Waals surface area contributed by atoms with E-state index in [0.29, 0.717) is 12.6 Å². The molecule has 2 saturated heterocycles. The second kappa shape index (κ2) is 12.7. The summed E-state index contributed by atoms with van der Waals surface area (Å²) < 4.78 is 11.8. The standard InChI is InChI=1S/C29H42N2O3/c1-3-7-23-10-11-29(34-22-24-8-5-4-6-9-24)25(20-23)21-31-16-12-27(28(32)13-17-31)30(2)26-14-18-33-19-15-26/h4-6,8-11,20,26-28,32H,3,7,12-19,21-22H2,1-2H3/t27-,28-/m0/s1. The van der Waals surface area contributed by atoms with Crippen LogP contribution in [0, 0.1) is 0 Å². The van der Waals surface area contributed by atoms with Crippen molar-refractivity contribution >= 4 is 0 Å². The summed E-state index contributed by atoms with van der Waals surface area (Å²) in [6, 6.07) is 17.8. The fraction of sp³-hybridized carbons (Fsp3) is 0.586. The summed E-state index contributed by atoms with van der Waals surface area (Å²) in [6.45, 7) is 7.25. The lowest BCUT2D eigenvalue weighted by Gasteiger charge is -2.38. The fourth-order valence-electron chi connectivity index (χ4n) is 5.44. The van der Waals surface area contributed by atoms with E-state index in [0.717, 1.165) is 77.1 Å². The van der Waals surface area contributed by atoms with Crippen LogP contribution in [0.1, 0.15) is 55.7 Å². The Kier molecular flexibility index (Phi) is 9.40. The van der Waals surface area contributed by atoms with Gasteiger partial charge in [-0.15, -0.1) is 0 Å². The number of hydrogen-bond acceptors (Lipinski definition) is 5. The van der Waals surface area contributed by atoms with Crippen molar-refractivity contribution in [2.75, 3.05) is 33.4 Å². The number of ether oxygens (including phenoxy) is 2. The predicted octanol–water partition coefficient (Wildman–Crippen LogP) is 4.65. The van der Waals surface area contributed by atoms with Gasteiger partial charge in [0.1, 0.15) is 12.4 Å². The van der Waals surface area contributed by atoms with Crippen LogP contribution in [0.5, 0.6) is 5.75 Å². The van der Waals surface area contributed by atoms with E-state index < -0.39 is 0 Å². The highest BCUT2D eigenvalue weighted by Gasteiger charge is 2.32. The van der Waals surface area contributed by atoms with Crippen molar-refractivity contribution in [3.05, 3.63) is 65.2 Å². The third-order valence-corrected chi connectivity index (χ3v) is 7.51. The van der Waals surface area contributed by atoms with Crippen LogP contribution in [0.25, 0.3) is 0 Å². The molecule has 2 fully saturated rings. The van der Waals surface area contributed by atoms with Gasteiger partial charge in [-0.1, -0.05) is 55.8 Å². The van der Waals surface area contributed by atoms with Crippen molar-refractivity contribution in [1.82, 2.24) is 9.80 Å². The van der Waals surface area contributed by atoms with E-state index in [1.54, 1.807) is 0 Å². The number of likely N-dealkylation sites (N-methyl/N-ethyl adjacent to an activating group) is 1. The highest BCUT2D eigenvalue weighted by molar-refractivity contribution is 5.38. The minimum Gasteiger partial charge on any atom is -0.489 e. The number of hydrogen-bond donors (Lipinski definition) is 1. The molecule has 0 radical (unpaired) electrons. The number of aliphatic hydroxyl groups is 1. The molecule has 4 rings (SSSR count). The normalized spacial score (nSPS) is 22.6. The molecule has 0 bridgehead atoms. The van der Waals surface area contributed by atoms with Crippen LogP contribution in [-0.2, 0) is 24.3 Å². The van der Waals surface area contributed by atoms with Gasteiger partial charge in [-0.3, -0.25) is 9.80 Å². The van der Waals surface area contributed by atoms with Crippen molar-refractivity contribution in [1.29, 1.82) is 0 Å². The van der Waals surface area contributed by atoms with Gasteiger partial charge in [0.05, 0.1) is 6.10 Å². The minimum absolute atomic E-state index is 0.216. The molecule has 0 unspecified atom stereocenters. The maximum Gasteiger partial charge on any atom is 0.124 e. The molecule has 0 saturated carbocycles. The predicted molar refractivity (Wildman–Crippen MR) is 137 cm³/mol. The van der Waals surface area contributed by atoms with Crippen molar-refractivity contribution in [2.24, 2.45) is 0 Å². The number of aliphatic hydroxyl groups excluding tert-OH is 1. The first kappa shape index (κ1) is 25.2. The Morgan fingerprint density at radius 1 is 1.00 bits per heavy atom. The lowest BCUT2D eigenvalue weighted by Crippen LogP contribution is -2.48.